The Morgan fingerprint density at radius 3 is 2.74 bits per heavy atom. The first-order chi connectivity index (χ1) is 15.0. The number of ether oxygens (including phenoxy) is 1. The molecular formula is C21H24BFN2O5S. The van der Waals surface area contributed by atoms with Gasteiger partial charge in [0.05, 0.1) is 25.4 Å². The fraction of sp³-hybridized carbons (Fsp3) is 0.333. The van der Waals surface area contributed by atoms with Gasteiger partial charge >= 0.3 is 7.12 Å². The van der Waals surface area contributed by atoms with Crippen molar-refractivity contribution in [2.75, 3.05) is 31.2 Å². The van der Waals surface area contributed by atoms with Crippen molar-refractivity contribution in [3.8, 4) is 0 Å². The first-order valence-corrected chi connectivity index (χ1v) is 11.4. The van der Waals surface area contributed by atoms with E-state index in [0.29, 0.717) is 37.4 Å². The Balaban J connectivity index is 1.43. The normalized spacial score (nSPS) is 16.5. The van der Waals surface area contributed by atoms with Crippen LogP contribution in [-0.4, -0.2) is 54.0 Å². The summed E-state index contributed by atoms with van der Waals surface area (Å²) in [4.78, 5) is 2.02. The van der Waals surface area contributed by atoms with E-state index in [2.05, 4.69) is 4.72 Å². The van der Waals surface area contributed by atoms with Crippen molar-refractivity contribution in [2.24, 2.45) is 0 Å². The van der Waals surface area contributed by atoms with Crippen molar-refractivity contribution < 1.29 is 28.1 Å². The summed E-state index contributed by atoms with van der Waals surface area (Å²) in [5.74, 6) is -1.25. The zero-order valence-electron chi connectivity index (χ0n) is 16.9. The molecule has 4 rings (SSSR count). The molecule has 1 aromatic heterocycles. The van der Waals surface area contributed by atoms with Gasteiger partial charge in [0, 0.05) is 41.1 Å². The monoisotopic (exact) mass is 446 g/mol. The third kappa shape index (κ3) is 5.59. The number of nitrogens with zero attached hydrogens (tertiary/aromatic N) is 1. The molecule has 1 aliphatic rings. The molecular weight excluding hydrogens is 422 g/mol. The summed E-state index contributed by atoms with van der Waals surface area (Å²) in [6.45, 7) is 2.50. The number of rotatable bonds is 8. The summed E-state index contributed by atoms with van der Waals surface area (Å²) in [6.07, 6.45) is 1.77. The second-order valence-electron chi connectivity index (χ2n) is 7.51. The molecule has 3 aromatic rings. The molecule has 1 saturated heterocycles. The molecule has 2 atom stereocenters. The van der Waals surface area contributed by atoms with Crippen LogP contribution >= 0.6 is 0 Å². The molecule has 1 fully saturated rings. The SMILES string of the molecule is [O-][S+](Cc1cc(F)cc(N2CCOCC2)c1)N[C@@H](Cc1coc2ccccc12)B(O)O. The Morgan fingerprint density at radius 1 is 1.19 bits per heavy atom. The summed E-state index contributed by atoms with van der Waals surface area (Å²) in [5.41, 5.74) is 2.75. The first-order valence-electron chi connectivity index (χ1n) is 10.1. The van der Waals surface area contributed by atoms with E-state index < -0.39 is 30.2 Å². The lowest BCUT2D eigenvalue weighted by atomic mass is 9.77. The minimum absolute atomic E-state index is 0.0322. The lowest BCUT2D eigenvalue weighted by Crippen LogP contribution is -2.48. The second-order valence-corrected chi connectivity index (χ2v) is 8.72. The third-order valence-corrected chi connectivity index (χ3v) is 6.42. The molecule has 0 amide bonds. The van der Waals surface area contributed by atoms with Crippen LogP contribution in [0.4, 0.5) is 10.1 Å². The van der Waals surface area contributed by atoms with Crippen LogP contribution in [-0.2, 0) is 28.3 Å². The van der Waals surface area contributed by atoms with Crippen LogP contribution in [0, 0.1) is 5.82 Å². The van der Waals surface area contributed by atoms with Crippen molar-refractivity contribution in [1.29, 1.82) is 0 Å². The van der Waals surface area contributed by atoms with E-state index in [1.165, 1.54) is 12.1 Å². The van der Waals surface area contributed by atoms with Gasteiger partial charge in [-0.05, 0) is 36.2 Å². The van der Waals surface area contributed by atoms with Gasteiger partial charge in [-0.2, -0.15) is 0 Å². The highest BCUT2D eigenvalue weighted by atomic mass is 32.2. The van der Waals surface area contributed by atoms with Crippen molar-refractivity contribution >= 4 is 35.1 Å². The van der Waals surface area contributed by atoms with Crippen molar-refractivity contribution in [3.63, 3.8) is 0 Å². The average molecular weight is 446 g/mol. The number of morpholine rings is 1. The van der Waals surface area contributed by atoms with Crippen LogP contribution in [0.5, 0.6) is 0 Å². The predicted molar refractivity (Wildman–Crippen MR) is 118 cm³/mol. The first kappa shape index (κ1) is 22.1. The van der Waals surface area contributed by atoms with Crippen LogP contribution in [0.25, 0.3) is 11.0 Å². The van der Waals surface area contributed by atoms with Gasteiger partial charge in [-0.15, -0.1) is 4.72 Å². The minimum atomic E-state index is -1.73. The molecule has 164 valence electrons. The van der Waals surface area contributed by atoms with Gasteiger partial charge in [-0.1, -0.05) is 18.2 Å². The predicted octanol–water partition coefficient (Wildman–Crippen LogP) is 1.79. The van der Waals surface area contributed by atoms with E-state index in [-0.39, 0.29) is 12.2 Å². The molecule has 0 radical (unpaired) electrons. The Morgan fingerprint density at radius 2 is 1.97 bits per heavy atom. The molecule has 2 aromatic carbocycles. The van der Waals surface area contributed by atoms with Gasteiger partial charge in [0.15, 0.2) is 5.75 Å². The average Bonchev–Trinajstić information content (AvgIpc) is 3.16. The van der Waals surface area contributed by atoms with E-state index in [4.69, 9.17) is 9.15 Å². The van der Waals surface area contributed by atoms with E-state index in [1.54, 1.807) is 6.26 Å². The van der Waals surface area contributed by atoms with Crippen molar-refractivity contribution in [1.82, 2.24) is 4.72 Å². The maximum absolute atomic E-state index is 14.2. The van der Waals surface area contributed by atoms with E-state index >= 15 is 0 Å². The lowest BCUT2D eigenvalue weighted by molar-refractivity contribution is 0.122. The number of para-hydroxylation sites is 1. The number of fused-ring (bicyclic) bond motifs is 1. The van der Waals surface area contributed by atoms with Gasteiger partial charge in [0.1, 0.15) is 11.4 Å². The molecule has 2 heterocycles. The number of hydrogen-bond acceptors (Lipinski definition) is 7. The molecule has 0 saturated carbocycles. The van der Waals surface area contributed by atoms with Crippen molar-refractivity contribution in [3.05, 3.63) is 65.7 Å². The summed E-state index contributed by atoms with van der Waals surface area (Å²) in [5, 5.41) is 20.5. The molecule has 1 unspecified atom stereocenters. The molecule has 3 N–H and O–H groups in total. The Labute approximate surface area is 183 Å². The van der Waals surface area contributed by atoms with Gasteiger partial charge in [-0.3, -0.25) is 0 Å². The minimum Gasteiger partial charge on any atom is -0.598 e. The van der Waals surface area contributed by atoms with Gasteiger partial charge in [0.2, 0.25) is 0 Å². The van der Waals surface area contributed by atoms with E-state index in [1.807, 2.05) is 35.2 Å². The number of hydrogen-bond donors (Lipinski definition) is 3. The Hall–Kier alpha value is -2.08. The molecule has 0 aliphatic carbocycles. The number of anilines is 1. The largest absolute Gasteiger partial charge is 0.598 e. The fourth-order valence-corrected chi connectivity index (χ4v) is 4.81. The highest BCUT2D eigenvalue weighted by molar-refractivity contribution is 7.88. The van der Waals surface area contributed by atoms with Crippen LogP contribution in [0.3, 0.4) is 0 Å². The fourth-order valence-electron chi connectivity index (χ4n) is 3.72. The van der Waals surface area contributed by atoms with Crippen LogP contribution in [0.1, 0.15) is 11.1 Å². The maximum Gasteiger partial charge on any atom is 0.474 e. The molecule has 10 heteroatoms. The molecule has 0 bridgehead atoms. The van der Waals surface area contributed by atoms with E-state index in [9.17, 15) is 19.0 Å². The summed E-state index contributed by atoms with van der Waals surface area (Å²) in [6, 6.07) is 12.0. The highest BCUT2D eigenvalue weighted by Crippen LogP contribution is 2.23. The maximum atomic E-state index is 14.2. The standard InChI is InChI=1S/C21H24BFN2O5S/c23-17-9-15(10-18(12-17)25-5-7-29-8-6-25)14-31(28)24-21(22(26)27)11-16-13-30-20-4-2-1-3-19(16)20/h1-4,9-10,12-13,21,24,26-27H,5-8,11,14H2/t21-,31?/m0/s1. The Bertz CT molecular complexity index is 1010. The number of benzene rings is 2. The second kappa shape index (κ2) is 10.0. The zero-order valence-corrected chi connectivity index (χ0v) is 17.7. The summed E-state index contributed by atoms with van der Waals surface area (Å²) in [7, 11) is -1.73. The molecule has 31 heavy (non-hydrogen) atoms. The van der Waals surface area contributed by atoms with Gasteiger partial charge < -0.3 is 28.7 Å². The van der Waals surface area contributed by atoms with E-state index in [0.717, 1.165) is 16.6 Å². The van der Waals surface area contributed by atoms with Crippen LogP contribution in [0.2, 0.25) is 0 Å². The van der Waals surface area contributed by atoms with Gasteiger partial charge in [0.25, 0.3) is 0 Å². The summed E-state index contributed by atoms with van der Waals surface area (Å²) < 4.78 is 40.5. The zero-order chi connectivity index (χ0) is 21.8. The van der Waals surface area contributed by atoms with Gasteiger partial charge in [-0.25, -0.2) is 4.39 Å². The molecule has 0 spiro atoms. The summed E-state index contributed by atoms with van der Waals surface area (Å²) >= 11 is -1.65. The lowest BCUT2D eigenvalue weighted by Gasteiger charge is -2.29. The van der Waals surface area contributed by atoms with Crippen molar-refractivity contribution in [2.45, 2.75) is 18.1 Å². The van der Waals surface area contributed by atoms with Crippen LogP contribution in [0.15, 0.2) is 53.1 Å². The number of furan rings is 1. The quantitative estimate of drug-likeness (QED) is 0.358. The highest BCUT2D eigenvalue weighted by Gasteiger charge is 2.30. The molecule has 1 aliphatic heterocycles. The molecule has 7 nitrogen and oxygen atoms in total. The third-order valence-electron chi connectivity index (χ3n) is 5.26. The smallest absolute Gasteiger partial charge is 0.474 e. The van der Waals surface area contributed by atoms with Crippen LogP contribution < -0.4 is 9.62 Å². The number of nitrogens with one attached hydrogen (secondary N) is 1. The number of halogens is 1. The Kier molecular flexibility index (Phi) is 7.16. The topological polar surface area (TPSA) is 101 Å².